The predicted molar refractivity (Wildman–Crippen MR) is 120 cm³/mol. The van der Waals surface area contributed by atoms with E-state index in [-0.39, 0.29) is 18.9 Å². The molecule has 0 spiro atoms. The number of para-hydroxylation sites is 1. The summed E-state index contributed by atoms with van der Waals surface area (Å²) < 4.78 is 5.28. The van der Waals surface area contributed by atoms with E-state index in [1.165, 1.54) is 16.3 Å². The van der Waals surface area contributed by atoms with Crippen LogP contribution in [0.15, 0.2) is 48.5 Å². The number of carbonyl (C=O) groups excluding carboxylic acids is 1. The highest BCUT2D eigenvalue weighted by molar-refractivity contribution is 6.10. The van der Waals surface area contributed by atoms with E-state index in [0.717, 1.165) is 40.2 Å². The monoisotopic (exact) mass is 415 g/mol. The van der Waals surface area contributed by atoms with Crippen molar-refractivity contribution in [2.45, 2.75) is 25.8 Å². The van der Waals surface area contributed by atoms with E-state index in [2.05, 4.69) is 35.3 Å². The lowest BCUT2D eigenvalue weighted by Gasteiger charge is -2.29. The molecule has 0 bridgehead atoms. The number of aliphatic hydroxyl groups excluding tert-OH is 1. The summed E-state index contributed by atoms with van der Waals surface area (Å²) in [5, 5.41) is 11.6. The summed E-state index contributed by atoms with van der Waals surface area (Å²) in [5.74, 6) is 0.807. The molecule has 0 fully saturated rings. The van der Waals surface area contributed by atoms with Gasteiger partial charge in [0, 0.05) is 35.7 Å². The normalized spacial score (nSPS) is 13.5. The van der Waals surface area contributed by atoms with Gasteiger partial charge in [-0.05, 0) is 35.7 Å². The molecule has 2 aromatic carbocycles. The molecule has 0 atom stereocenters. The van der Waals surface area contributed by atoms with Crippen molar-refractivity contribution in [1.29, 1.82) is 0 Å². The number of H-pyrrole nitrogens is 1. The second-order valence-electron chi connectivity index (χ2n) is 7.97. The first kappa shape index (κ1) is 19.6. The summed E-state index contributed by atoms with van der Waals surface area (Å²) in [5.41, 5.74) is 6.48. The largest absolute Gasteiger partial charge is 0.497 e. The zero-order valence-corrected chi connectivity index (χ0v) is 17.5. The van der Waals surface area contributed by atoms with Crippen LogP contribution in [-0.2, 0) is 24.2 Å². The van der Waals surface area contributed by atoms with Crippen LogP contribution in [0.3, 0.4) is 0 Å². The number of aromatic amines is 1. The molecule has 158 valence electrons. The number of methoxy groups -OCH3 is 1. The average Bonchev–Trinajstić information content (AvgIpc) is 3.20. The van der Waals surface area contributed by atoms with Crippen LogP contribution in [0.4, 0.5) is 0 Å². The fraction of sp³-hybridized carbons (Fsp3) is 0.280. The summed E-state index contributed by atoms with van der Waals surface area (Å²) in [7, 11) is 1.66. The molecule has 2 N–H and O–H groups in total. The van der Waals surface area contributed by atoms with Crippen molar-refractivity contribution in [2.24, 2.45) is 0 Å². The summed E-state index contributed by atoms with van der Waals surface area (Å²) in [6, 6.07) is 16.4. The number of aromatic nitrogens is 2. The molecule has 0 unspecified atom stereocenters. The summed E-state index contributed by atoms with van der Waals surface area (Å²) in [6.07, 6.45) is 1.61. The van der Waals surface area contributed by atoms with Crippen molar-refractivity contribution in [2.75, 3.05) is 20.3 Å². The molecule has 1 aliphatic rings. The Labute approximate surface area is 180 Å². The van der Waals surface area contributed by atoms with Crippen LogP contribution >= 0.6 is 0 Å². The van der Waals surface area contributed by atoms with Gasteiger partial charge < -0.3 is 19.7 Å². The topological polar surface area (TPSA) is 78.5 Å². The highest BCUT2D eigenvalue weighted by Gasteiger charge is 2.26. The quantitative estimate of drug-likeness (QED) is 0.522. The number of nitrogens with one attached hydrogen (secondary N) is 1. The smallest absolute Gasteiger partial charge is 0.225 e. The molecule has 3 heterocycles. The minimum absolute atomic E-state index is 0.0225. The number of amides is 1. The van der Waals surface area contributed by atoms with Crippen molar-refractivity contribution in [1.82, 2.24) is 14.9 Å². The highest BCUT2D eigenvalue weighted by Crippen LogP contribution is 2.35. The molecule has 0 saturated carbocycles. The van der Waals surface area contributed by atoms with Crippen LogP contribution < -0.4 is 4.74 Å². The number of rotatable bonds is 5. The first-order valence-corrected chi connectivity index (χ1v) is 10.6. The number of aliphatic hydroxyl groups is 1. The maximum Gasteiger partial charge on any atom is 0.225 e. The Morgan fingerprint density at radius 2 is 2.00 bits per heavy atom. The molecule has 31 heavy (non-hydrogen) atoms. The van der Waals surface area contributed by atoms with E-state index in [1.807, 2.05) is 23.1 Å². The van der Waals surface area contributed by atoms with Gasteiger partial charge in [-0.1, -0.05) is 30.3 Å². The lowest BCUT2D eigenvalue weighted by molar-refractivity contribution is -0.132. The predicted octanol–water partition coefficient (Wildman–Crippen LogP) is 3.58. The van der Waals surface area contributed by atoms with Gasteiger partial charge in [0.15, 0.2) is 0 Å². The van der Waals surface area contributed by atoms with Gasteiger partial charge in [-0.3, -0.25) is 9.78 Å². The first-order chi connectivity index (χ1) is 15.2. The fourth-order valence-electron chi connectivity index (χ4n) is 4.54. The molecule has 4 aromatic rings. The molecule has 1 aliphatic heterocycles. The molecule has 0 aliphatic carbocycles. The van der Waals surface area contributed by atoms with Gasteiger partial charge in [0.2, 0.25) is 5.91 Å². The summed E-state index contributed by atoms with van der Waals surface area (Å²) in [6.45, 7) is 1.01. The number of nitrogens with zero attached hydrogens (tertiary/aromatic N) is 2. The minimum Gasteiger partial charge on any atom is -0.497 e. The lowest BCUT2D eigenvalue weighted by Crippen LogP contribution is -2.37. The third-order valence-electron chi connectivity index (χ3n) is 6.10. The van der Waals surface area contributed by atoms with Crippen LogP contribution in [0.25, 0.3) is 21.8 Å². The third-order valence-corrected chi connectivity index (χ3v) is 6.10. The number of hydrogen-bond acceptors (Lipinski definition) is 4. The zero-order valence-electron chi connectivity index (χ0n) is 17.5. The van der Waals surface area contributed by atoms with Crippen molar-refractivity contribution >= 4 is 27.7 Å². The third kappa shape index (κ3) is 3.53. The number of ether oxygens (including phenoxy) is 1. The second-order valence-corrected chi connectivity index (χ2v) is 7.97. The van der Waals surface area contributed by atoms with E-state index in [0.29, 0.717) is 19.5 Å². The Kier molecular flexibility index (Phi) is 5.08. The maximum absolute atomic E-state index is 12.4. The van der Waals surface area contributed by atoms with E-state index < -0.39 is 0 Å². The number of hydrogen-bond donors (Lipinski definition) is 2. The average molecular weight is 415 g/mol. The van der Waals surface area contributed by atoms with Crippen LogP contribution in [0, 0.1) is 0 Å². The van der Waals surface area contributed by atoms with Gasteiger partial charge in [0.1, 0.15) is 5.75 Å². The van der Waals surface area contributed by atoms with E-state index in [4.69, 9.17) is 14.8 Å². The van der Waals surface area contributed by atoms with Crippen molar-refractivity contribution in [3.8, 4) is 5.75 Å². The maximum atomic E-state index is 12.4. The van der Waals surface area contributed by atoms with Crippen molar-refractivity contribution in [3.05, 3.63) is 71.0 Å². The van der Waals surface area contributed by atoms with E-state index in [9.17, 15) is 4.79 Å². The van der Waals surface area contributed by atoms with Crippen LogP contribution in [0.2, 0.25) is 0 Å². The van der Waals surface area contributed by atoms with Crippen LogP contribution in [-0.4, -0.2) is 46.1 Å². The Bertz CT molecular complexity index is 1260. The van der Waals surface area contributed by atoms with Crippen molar-refractivity contribution in [3.63, 3.8) is 0 Å². The van der Waals surface area contributed by atoms with Gasteiger partial charge in [0.05, 0.1) is 37.2 Å². The lowest BCUT2D eigenvalue weighted by atomic mass is 9.96. The molecule has 6 nitrogen and oxygen atoms in total. The van der Waals surface area contributed by atoms with E-state index >= 15 is 0 Å². The van der Waals surface area contributed by atoms with Crippen LogP contribution in [0.5, 0.6) is 5.75 Å². The van der Waals surface area contributed by atoms with Gasteiger partial charge in [0.25, 0.3) is 0 Å². The number of pyridine rings is 1. The molecule has 2 aromatic heterocycles. The molecule has 1 amide bonds. The Hall–Kier alpha value is -3.38. The Morgan fingerprint density at radius 1 is 1.19 bits per heavy atom. The first-order valence-electron chi connectivity index (χ1n) is 10.6. The van der Waals surface area contributed by atoms with Crippen LogP contribution in [0.1, 0.15) is 28.9 Å². The summed E-state index contributed by atoms with van der Waals surface area (Å²) >= 11 is 0. The van der Waals surface area contributed by atoms with E-state index in [1.54, 1.807) is 7.11 Å². The van der Waals surface area contributed by atoms with Gasteiger partial charge >= 0.3 is 0 Å². The minimum atomic E-state index is -0.125. The number of fused-ring (bicyclic) bond motifs is 5. The number of benzene rings is 2. The zero-order chi connectivity index (χ0) is 21.4. The molecule has 0 radical (unpaired) electrons. The standard InChI is InChI=1S/C25H25N3O3/c1-31-17-8-6-16(7-9-17)14-21-25-24(18-4-2-3-5-20(18)27-25)19-10-12-28(15-22(19)26-21)23(30)11-13-29/h2-9,27,29H,10-15H2,1H3. The summed E-state index contributed by atoms with van der Waals surface area (Å²) in [4.78, 5) is 22.8. The fourth-order valence-corrected chi connectivity index (χ4v) is 4.54. The molecule has 0 saturated heterocycles. The molecule has 5 rings (SSSR count). The highest BCUT2D eigenvalue weighted by atomic mass is 16.5. The van der Waals surface area contributed by atoms with Gasteiger partial charge in [-0.2, -0.15) is 0 Å². The molecular formula is C25H25N3O3. The molecule has 6 heteroatoms. The van der Waals surface area contributed by atoms with Gasteiger partial charge in [-0.15, -0.1) is 0 Å². The Morgan fingerprint density at radius 3 is 2.77 bits per heavy atom. The SMILES string of the molecule is COc1ccc(Cc2nc3c(c4c2[nH]c2ccccc24)CCN(C(=O)CCO)C3)cc1. The second kappa shape index (κ2) is 8.04. The number of carbonyl (C=O) groups is 1. The van der Waals surface area contributed by atoms with Crippen molar-refractivity contribution < 1.29 is 14.6 Å². The molecular weight excluding hydrogens is 390 g/mol. The van der Waals surface area contributed by atoms with Gasteiger partial charge in [-0.25, -0.2) is 0 Å². The Balaban J connectivity index is 1.63.